The van der Waals surface area contributed by atoms with Crippen LogP contribution in [0.1, 0.15) is 32.3 Å². The summed E-state index contributed by atoms with van der Waals surface area (Å²) >= 11 is 0. The molecule has 0 aliphatic carbocycles. The summed E-state index contributed by atoms with van der Waals surface area (Å²) in [5.74, 6) is 2.15. The normalized spacial score (nSPS) is 13.8. The molecule has 5 heteroatoms. The van der Waals surface area contributed by atoms with Gasteiger partial charge in [-0.05, 0) is 30.9 Å². The van der Waals surface area contributed by atoms with Crippen molar-refractivity contribution in [2.45, 2.75) is 26.7 Å². The third-order valence-electron chi connectivity index (χ3n) is 3.40. The van der Waals surface area contributed by atoms with Crippen molar-refractivity contribution < 1.29 is 24.4 Å². The number of hydrogen-bond acceptors (Lipinski definition) is 5. The molecule has 1 heterocycles. The fourth-order valence-corrected chi connectivity index (χ4v) is 2.29. The van der Waals surface area contributed by atoms with Gasteiger partial charge in [-0.15, -0.1) is 0 Å². The molecule has 1 aliphatic heterocycles. The highest BCUT2D eigenvalue weighted by Crippen LogP contribution is 2.38. The van der Waals surface area contributed by atoms with E-state index in [0.29, 0.717) is 35.3 Å². The molecule has 0 unspecified atom stereocenters. The van der Waals surface area contributed by atoms with Crippen molar-refractivity contribution in [1.82, 2.24) is 0 Å². The van der Waals surface area contributed by atoms with Crippen molar-refractivity contribution in [3.63, 3.8) is 0 Å². The minimum Gasteiger partial charge on any atom is -0.504 e. The molecule has 2 N–H and O–H groups in total. The first-order valence-electron chi connectivity index (χ1n) is 7.68. The number of aliphatic hydroxyl groups is 2. The Hall–Kier alpha value is -1.88. The summed E-state index contributed by atoms with van der Waals surface area (Å²) in [4.78, 5) is 0. The summed E-state index contributed by atoms with van der Waals surface area (Å²) in [5.41, 5.74) is 0.487. The third-order valence-corrected chi connectivity index (χ3v) is 3.40. The molecule has 2 rings (SSSR count). The molecule has 22 heavy (non-hydrogen) atoms. The van der Waals surface area contributed by atoms with E-state index in [2.05, 4.69) is 13.8 Å². The summed E-state index contributed by atoms with van der Waals surface area (Å²) in [5, 5.41) is 19.3. The molecule has 122 valence electrons. The van der Waals surface area contributed by atoms with E-state index >= 15 is 0 Å². The quantitative estimate of drug-likeness (QED) is 0.722. The van der Waals surface area contributed by atoms with E-state index in [1.807, 2.05) is 0 Å². The van der Waals surface area contributed by atoms with Gasteiger partial charge in [-0.2, -0.15) is 0 Å². The second-order valence-corrected chi connectivity index (χ2v) is 5.65. The Kier molecular flexibility index (Phi) is 5.95. The number of ether oxygens (including phenoxy) is 3. The topological polar surface area (TPSA) is 68.2 Å². The van der Waals surface area contributed by atoms with Gasteiger partial charge in [0, 0.05) is 0 Å². The van der Waals surface area contributed by atoms with E-state index < -0.39 is 0 Å². The molecule has 0 spiro atoms. The van der Waals surface area contributed by atoms with E-state index in [4.69, 9.17) is 19.3 Å². The number of aliphatic hydroxyl groups excluding tert-OH is 2. The summed E-state index contributed by atoms with van der Waals surface area (Å²) in [6.07, 6.45) is 2.01. The van der Waals surface area contributed by atoms with Crippen LogP contribution < -0.4 is 9.47 Å². The standard InChI is InChI=1S/C17H24O5/c1-12(2)5-4-9-20-15-11-22-14-7-3-6-13(21-10-8-18)16(14)17(15)19/h3,6-7,12,18-19H,4-5,8-11H2,1-2H3. The van der Waals surface area contributed by atoms with Gasteiger partial charge in [0.05, 0.1) is 13.2 Å². The van der Waals surface area contributed by atoms with E-state index in [9.17, 15) is 5.11 Å². The molecular weight excluding hydrogens is 284 g/mol. The van der Waals surface area contributed by atoms with Crippen molar-refractivity contribution in [3.8, 4) is 11.5 Å². The summed E-state index contributed by atoms with van der Waals surface area (Å²) in [7, 11) is 0. The fourth-order valence-electron chi connectivity index (χ4n) is 2.29. The maximum absolute atomic E-state index is 10.4. The monoisotopic (exact) mass is 308 g/mol. The zero-order chi connectivity index (χ0) is 15.9. The van der Waals surface area contributed by atoms with Crippen LogP contribution in [0.2, 0.25) is 0 Å². The summed E-state index contributed by atoms with van der Waals surface area (Å²) in [6, 6.07) is 5.29. The first-order chi connectivity index (χ1) is 10.6. The molecule has 0 atom stereocenters. The molecule has 0 saturated carbocycles. The van der Waals surface area contributed by atoms with E-state index in [-0.39, 0.29) is 25.6 Å². The lowest BCUT2D eigenvalue weighted by Crippen LogP contribution is -2.16. The fraction of sp³-hybridized carbons (Fsp3) is 0.529. The molecule has 0 fully saturated rings. The Balaban J connectivity index is 2.10. The second-order valence-electron chi connectivity index (χ2n) is 5.65. The van der Waals surface area contributed by atoms with Crippen LogP contribution in [-0.2, 0) is 4.74 Å². The Bertz CT molecular complexity index is 522. The zero-order valence-corrected chi connectivity index (χ0v) is 13.2. The molecule has 0 radical (unpaired) electrons. The van der Waals surface area contributed by atoms with E-state index in [0.717, 1.165) is 12.8 Å². The van der Waals surface area contributed by atoms with Crippen LogP contribution in [0.25, 0.3) is 5.76 Å². The Morgan fingerprint density at radius 2 is 2.05 bits per heavy atom. The molecule has 1 aliphatic rings. The highest BCUT2D eigenvalue weighted by Gasteiger charge is 2.25. The number of rotatable bonds is 8. The Morgan fingerprint density at radius 1 is 1.23 bits per heavy atom. The van der Waals surface area contributed by atoms with Crippen LogP contribution in [0.5, 0.6) is 11.5 Å². The lowest BCUT2D eigenvalue weighted by Gasteiger charge is -2.23. The molecule has 0 aromatic heterocycles. The van der Waals surface area contributed by atoms with Crippen molar-refractivity contribution in [2.24, 2.45) is 5.92 Å². The minimum absolute atomic E-state index is 0.0549. The van der Waals surface area contributed by atoms with Crippen LogP contribution in [0.4, 0.5) is 0 Å². The lowest BCUT2D eigenvalue weighted by molar-refractivity contribution is 0.150. The van der Waals surface area contributed by atoms with Crippen LogP contribution >= 0.6 is 0 Å². The second kappa shape index (κ2) is 7.94. The molecule has 5 nitrogen and oxygen atoms in total. The van der Waals surface area contributed by atoms with Gasteiger partial charge in [0.1, 0.15) is 30.3 Å². The summed E-state index contributed by atoms with van der Waals surface area (Å²) < 4.78 is 16.7. The third kappa shape index (κ3) is 4.07. The van der Waals surface area contributed by atoms with Crippen molar-refractivity contribution in [1.29, 1.82) is 0 Å². The molecule has 0 amide bonds. The van der Waals surface area contributed by atoms with E-state index in [1.165, 1.54) is 0 Å². The number of hydrogen-bond donors (Lipinski definition) is 2. The predicted octanol–water partition coefficient (Wildman–Crippen LogP) is 3.13. The minimum atomic E-state index is -0.0897. The van der Waals surface area contributed by atoms with Crippen LogP contribution in [-0.4, -0.2) is 36.6 Å². The van der Waals surface area contributed by atoms with Gasteiger partial charge >= 0.3 is 0 Å². The number of benzene rings is 1. The first-order valence-corrected chi connectivity index (χ1v) is 7.68. The highest BCUT2D eigenvalue weighted by molar-refractivity contribution is 5.73. The molecule has 0 saturated heterocycles. The van der Waals surface area contributed by atoms with E-state index in [1.54, 1.807) is 18.2 Å². The maximum atomic E-state index is 10.4. The average molecular weight is 308 g/mol. The molecule has 0 bridgehead atoms. The number of fused-ring (bicyclic) bond motifs is 1. The highest BCUT2D eigenvalue weighted by atomic mass is 16.5. The van der Waals surface area contributed by atoms with Gasteiger partial charge in [-0.3, -0.25) is 0 Å². The molecule has 1 aromatic rings. The SMILES string of the molecule is CC(C)CCCOC1=C(O)c2c(OCCO)cccc2OC1. The van der Waals surface area contributed by atoms with Crippen LogP contribution in [0.3, 0.4) is 0 Å². The smallest absolute Gasteiger partial charge is 0.176 e. The largest absolute Gasteiger partial charge is 0.504 e. The van der Waals surface area contributed by atoms with Crippen LogP contribution in [0, 0.1) is 5.92 Å². The Labute approximate surface area is 131 Å². The lowest BCUT2D eigenvalue weighted by atomic mass is 10.1. The predicted molar refractivity (Wildman–Crippen MR) is 84.1 cm³/mol. The van der Waals surface area contributed by atoms with Gasteiger partial charge in [-0.1, -0.05) is 19.9 Å². The van der Waals surface area contributed by atoms with Gasteiger partial charge < -0.3 is 24.4 Å². The molecular formula is C17H24O5. The Morgan fingerprint density at radius 3 is 2.77 bits per heavy atom. The van der Waals surface area contributed by atoms with Crippen LogP contribution in [0.15, 0.2) is 24.0 Å². The van der Waals surface area contributed by atoms with Gasteiger partial charge in [-0.25, -0.2) is 0 Å². The summed E-state index contributed by atoms with van der Waals surface area (Å²) in [6.45, 7) is 5.17. The molecule has 1 aromatic carbocycles. The van der Waals surface area contributed by atoms with Crippen molar-refractivity contribution in [3.05, 3.63) is 29.5 Å². The van der Waals surface area contributed by atoms with Crippen molar-refractivity contribution in [2.75, 3.05) is 26.4 Å². The average Bonchev–Trinajstić information content (AvgIpc) is 2.51. The van der Waals surface area contributed by atoms with Gasteiger partial charge in [0.25, 0.3) is 0 Å². The van der Waals surface area contributed by atoms with Gasteiger partial charge in [0.2, 0.25) is 0 Å². The first kappa shape index (κ1) is 16.5. The zero-order valence-electron chi connectivity index (χ0n) is 13.2. The van der Waals surface area contributed by atoms with Crippen molar-refractivity contribution >= 4 is 5.76 Å². The van der Waals surface area contributed by atoms with Gasteiger partial charge in [0.15, 0.2) is 11.5 Å². The maximum Gasteiger partial charge on any atom is 0.176 e.